The molecular weight excluding hydrogens is 471 g/mol. The molecule has 0 bridgehead atoms. The zero-order chi connectivity index (χ0) is 25.0. The predicted octanol–water partition coefficient (Wildman–Crippen LogP) is 2.72. The summed E-state index contributed by atoms with van der Waals surface area (Å²) in [5, 5.41) is 0. The normalized spacial score (nSPS) is 13.5. The van der Waals surface area contributed by atoms with Gasteiger partial charge >= 0.3 is 11.9 Å². The molecule has 0 amide bonds. The summed E-state index contributed by atoms with van der Waals surface area (Å²) >= 11 is 3.42. The van der Waals surface area contributed by atoms with Crippen molar-refractivity contribution in [2.75, 3.05) is 19.0 Å². The molecule has 2 aromatic rings. The monoisotopic (exact) mass is 498 g/mol. The van der Waals surface area contributed by atoms with Crippen molar-refractivity contribution in [2.24, 2.45) is 5.92 Å². The maximum Gasteiger partial charge on any atom is 0.321 e. The molecule has 0 aromatic heterocycles. The molecule has 0 aliphatic carbocycles. The molecule has 0 N–H and O–H groups in total. The first kappa shape index (κ1) is 26.8. The van der Waals surface area contributed by atoms with Crippen molar-refractivity contribution < 1.29 is 36.4 Å². The van der Waals surface area contributed by atoms with Crippen molar-refractivity contribution in [3.8, 4) is 11.1 Å². The number of hydrogen-bond donors (Lipinski definition) is 0. The van der Waals surface area contributed by atoms with Gasteiger partial charge in [-0.2, -0.15) is 0 Å². The van der Waals surface area contributed by atoms with Crippen molar-refractivity contribution in [1.82, 2.24) is 0 Å². The topological polar surface area (TPSA) is 110 Å². The number of esters is 2. The molecular formula is C23H27FO7S2. The van der Waals surface area contributed by atoms with E-state index in [4.69, 9.17) is 9.47 Å². The third-order valence-corrected chi connectivity index (χ3v) is 6.97. The van der Waals surface area contributed by atoms with Crippen LogP contribution in [0.3, 0.4) is 0 Å². The van der Waals surface area contributed by atoms with Gasteiger partial charge in [0.05, 0.1) is 23.5 Å². The van der Waals surface area contributed by atoms with Gasteiger partial charge in [-0.05, 0) is 75.2 Å². The van der Waals surface area contributed by atoms with Crippen molar-refractivity contribution in [3.63, 3.8) is 0 Å². The fraction of sp³-hybridized carbons (Fsp3) is 0.391. The Bertz CT molecular complexity index is 1130. The van der Waals surface area contributed by atoms with Crippen LogP contribution in [0.4, 0.5) is 4.39 Å². The molecule has 1 unspecified atom stereocenters. The van der Waals surface area contributed by atoms with E-state index < -0.39 is 44.1 Å². The van der Waals surface area contributed by atoms with Crippen molar-refractivity contribution >= 4 is 34.7 Å². The lowest BCUT2D eigenvalue weighted by Crippen LogP contribution is -2.46. The minimum atomic E-state index is -4.92. The summed E-state index contributed by atoms with van der Waals surface area (Å²) in [5.74, 6) is -3.79. The lowest BCUT2D eigenvalue weighted by Gasteiger charge is -2.34. The molecule has 0 aliphatic heterocycles. The number of benzene rings is 2. The van der Waals surface area contributed by atoms with Crippen LogP contribution in [0.25, 0.3) is 11.1 Å². The van der Waals surface area contributed by atoms with Gasteiger partial charge in [-0.3, -0.25) is 9.59 Å². The summed E-state index contributed by atoms with van der Waals surface area (Å²) in [7, 11) is -4.92. The number of rotatable bonds is 9. The second-order valence-corrected chi connectivity index (χ2v) is 9.38. The molecule has 0 radical (unpaired) electrons. The van der Waals surface area contributed by atoms with Gasteiger partial charge < -0.3 is 14.0 Å². The van der Waals surface area contributed by atoms with Crippen molar-refractivity contribution in [3.05, 3.63) is 53.3 Å². The van der Waals surface area contributed by atoms with Gasteiger partial charge in [0, 0.05) is 0 Å². The van der Waals surface area contributed by atoms with Gasteiger partial charge in [-0.15, -0.1) is 0 Å². The van der Waals surface area contributed by atoms with Crippen LogP contribution in [0, 0.1) is 18.7 Å². The lowest BCUT2D eigenvalue weighted by atomic mass is 9.70. The van der Waals surface area contributed by atoms with Gasteiger partial charge in [0.15, 0.2) is 5.92 Å². The van der Waals surface area contributed by atoms with Crippen molar-refractivity contribution in [2.45, 2.75) is 38.0 Å². The zero-order valence-electron chi connectivity index (χ0n) is 18.8. The first-order chi connectivity index (χ1) is 15.4. The third kappa shape index (κ3) is 5.74. The van der Waals surface area contributed by atoms with E-state index >= 15 is 0 Å². The van der Waals surface area contributed by atoms with Crippen LogP contribution in [-0.4, -0.2) is 43.9 Å². The molecule has 2 aromatic carbocycles. The largest absolute Gasteiger partial charge is 0.744 e. The molecule has 1 atom stereocenters. The minimum Gasteiger partial charge on any atom is -0.744 e. The van der Waals surface area contributed by atoms with Crippen molar-refractivity contribution in [1.29, 1.82) is 0 Å². The average Bonchev–Trinajstić information content (AvgIpc) is 2.73. The molecule has 0 spiro atoms. The summed E-state index contributed by atoms with van der Waals surface area (Å²) < 4.78 is 60.5. The van der Waals surface area contributed by atoms with Gasteiger partial charge in [0.1, 0.15) is 21.7 Å². The first-order valence-corrected chi connectivity index (χ1v) is 12.4. The smallest absolute Gasteiger partial charge is 0.321 e. The molecule has 0 aliphatic rings. The highest BCUT2D eigenvalue weighted by molar-refractivity contribution is 7.85. The lowest BCUT2D eigenvalue weighted by molar-refractivity contribution is -0.164. The summed E-state index contributed by atoms with van der Waals surface area (Å²) in [4.78, 5) is 25.2. The van der Waals surface area contributed by atoms with E-state index in [0.717, 1.165) is 18.2 Å². The quantitative estimate of drug-likeness (QED) is 0.226. The van der Waals surface area contributed by atoms with E-state index in [1.54, 1.807) is 27.7 Å². The highest BCUT2D eigenvalue weighted by Gasteiger charge is 2.50. The van der Waals surface area contributed by atoms with Crippen LogP contribution in [0.1, 0.15) is 31.9 Å². The Morgan fingerprint density at radius 3 is 2.12 bits per heavy atom. The maximum atomic E-state index is 14.4. The molecule has 10 heteroatoms. The van der Waals surface area contributed by atoms with E-state index in [0.29, 0.717) is 5.56 Å². The standard InChI is InChI=1S/C23H27FO7S2/c1-5-30-21(25)20(22(26)31-6-2)23(4,13-32)18-9-8-15(24)12-16(18)17-11-14(3)7-10-19(17)33(27,28)29/h7-12,20,32H,5-6,13H2,1-4H3,(H,27,28,29). The Balaban J connectivity index is 2.91. The van der Waals surface area contributed by atoms with Gasteiger partial charge in [0.25, 0.3) is 0 Å². The highest BCUT2D eigenvalue weighted by atomic mass is 32.2. The maximum absolute atomic E-state index is 14.4. The summed E-state index contributed by atoms with van der Waals surface area (Å²) in [6.45, 7) is 6.47. The van der Waals surface area contributed by atoms with Crippen LogP contribution < -0.4 is 0 Å². The summed E-state index contributed by atoms with van der Waals surface area (Å²) in [6, 6.07) is 7.62. The summed E-state index contributed by atoms with van der Waals surface area (Å²) in [5.41, 5.74) is -0.433. The SMILES string of the molecule is CCOC(=O)C(C(=O)OCC)C(C)(C[SH2+])c1ccc(F)cc1-c1cc(C)ccc1S(=O)(=O)[O-]. The number of aryl methyl sites for hydroxylation is 1. The highest BCUT2D eigenvalue weighted by Crippen LogP contribution is 2.42. The Morgan fingerprint density at radius 2 is 1.64 bits per heavy atom. The zero-order valence-corrected chi connectivity index (χ0v) is 20.6. The Labute approximate surface area is 198 Å². The number of carbonyl (C=O) groups excluding carboxylic acids is 2. The molecule has 2 rings (SSSR count). The van der Waals surface area contributed by atoms with E-state index in [-0.39, 0.29) is 35.7 Å². The Kier molecular flexibility index (Phi) is 8.67. The second-order valence-electron chi connectivity index (χ2n) is 7.67. The Morgan fingerprint density at radius 1 is 1.06 bits per heavy atom. The van der Waals surface area contributed by atoms with Crippen LogP contribution in [0.2, 0.25) is 0 Å². The first-order valence-electron chi connectivity index (χ1n) is 10.3. The van der Waals surface area contributed by atoms with Gasteiger partial charge in [0.2, 0.25) is 0 Å². The fourth-order valence-corrected chi connectivity index (χ4v) is 4.80. The number of halogens is 1. The molecule has 0 fully saturated rings. The van der Waals surface area contributed by atoms with E-state index in [1.807, 2.05) is 0 Å². The van der Waals surface area contributed by atoms with Crippen LogP contribution in [0.5, 0.6) is 0 Å². The third-order valence-electron chi connectivity index (χ3n) is 5.34. The number of hydrogen-bond acceptors (Lipinski definition) is 7. The summed E-state index contributed by atoms with van der Waals surface area (Å²) in [6.07, 6.45) is 0. The van der Waals surface area contributed by atoms with E-state index in [9.17, 15) is 27.0 Å². The van der Waals surface area contributed by atoms with Gasteiger partial charge in [-0.1, -0.05) is 23.8 Å². The molecule has 7 nitrogen and oxygen atoms in total. The Hall–Kier alpha value is -2.43. The predicted molar refractivity (Wildman–Crippen MR) is 124 cm³/mol. The van der Waals surface area contributed by atoms with Crippen LogP contribution in [-0.2, 0) is 47.2 Å². The molecule has 33 heavy (non-hydrogen) atoms. The average molecular weight is 499 g/mol. The van der Waals surface area contributed by atoms with E-state index in [1.165, 1.54) is 18.2 Å². The molecule has 0 heterocycles. The molecule has 0 saturated carbocycles. The van der Waals surface area contributed by atoms with Gasteiger partial charge in [-0.25, -0.2) is 12.8 Å². The molecule has 0 saturated heterocycles. The minimum absolute atomic E-state index is 0.0132. The number of ether oxygens (including phenoxy) is 2. The second kappa shape index (κ2) is 10.7. The molecule has 180 valence electrons. The van der Waals surface area contributed by atoms with Crippen LogP contribution in [0.15, 0.2) is 41.3 Å². The number of carbonyl (C=O) groups is 2. The van der Waals surface area contributed by atoms with Crippen LogP contribution >= 0.6 is 0 Å². The fourth-order valence-electron chi connectivity index (χ4n) is 3.73. The van der Waals surface area contributed by atoms with E-state index in [2.05, 4.69) is 12.6 Å².